The van der Waals surface area contributed by atoms with Crippen LogP contribution < -0.4 is 5.32 Å². The lowest BCUT2D eigenvalue weighted by atomic mass is 10.1. The molecule has 1 fully saturated rings. The first kappa shape index (κ1) is 19.8. The Morgan fingerprint density at radius 2 is 1.84 bits per heavy atom. The molecule has 1 aliphatic heterocycles. The molecular formula is C19H29N3O2S. The molecule has 6 heteroatoms. The fourth-order valence-corrected chi connectivity index (χ4v) is 3.47. The van der Waals surface area contributed by atoms with Crippen LogP contribution in [0.3, 0.4) is 0 Å². The maximum Gasteiger partial charge on any atom is 0.225 e. The molecule has 25 heavy (non-hydrogen) atoms. The predicted molar refractivity (Wildman–Crippen MR) is 104 cm³/mol. The van der Waals surface area contributed by atoms with Crippen molar-refractivity contribution < 1.29 is 9.59 Å². The van der Waals surface area contributed by atoms with E-state index in [1.165, 1.54) is 0 Å². The Balaban J connectivity index is 1.72. The van der Waals surface area contributed by atoms with Gasteiger partial charge in [-0.05, 0) is 24.3 Å². The molecular weight excluding hydrogens is 334 g/mol. The summed E-state index contributed by atoms with van der Waals surface area (Å²) in [4.78, 5) is 29.6. The maximum atomic E-state index is 12.2. The number of nitrogens with one attached hydrogen (secondary N) is 1. The Hall–Kier alpha value is -1.53. The fraction of sp³-hybridized carbons (Fsp3) is 0.579. The number of benzene rings is 1. The van der Waals surface area contributed by atoms with Crippen molar-refractivity contribution in [2.75, 3.05) is 44.3 Å². The summed E-state index contributed by atoms with van der Waals surface area (Å²) in [5, 5.41) is 3.00. The van der Waals surface area contributed by atoms with Crippen molar-refractivity contribution in [3.8, 4) is 0 Å². The molecule has 1 aromatic carbocycles. The van der Waals surface area contributed by atoms with Gasteiger partial charge < -0.3 is 10.2 Å². The van der Waals surface area contributed by atoms with Crippen LogP contribution in [0.25, 0.3) is 0 Å². The second-order valence-electron chi connectivity index (χ2n) is 6.82. The first-order valence-corrected chi connectivity index (χ1v) is 10.1. The molecule has 1 N–H and O–H groups in total. The van der Waals surface area contributed by atoms with Gasteiger partial charge in [0.05, 0.1) is 5.69 Å². The Morgan fingerprint density at radius 1 is 1.16 bits per heavy atom. The topological polar surface area (TPSA) is 52.7 Å². The van der Waals surface area contributed by atoms with Crippen molar-refractivity contribution in [3.05, 3.63) is 24.3 Å². The van der Waals surface area contributed by atoms with Crippen molar-refractivity contribution in [2.24, 2.45) is 5.92 Å². The average molecular weight is 364 g/mol. The third-order valence-electron chi connectivity index (χ3n) is 4.34. The summed E-state index contributed by atoms with van der Waals surface area (Å²) >= 11 is 1.63. The van der Waals surface area contributed by atoms with Gasteiger partial charge >= 0.3 is 0 Å². The van der Waals surface area contributed by atoms with E-state index in [9.17, 15) is 9.59 Å². The standard InChI is InChI=1S/C19H29N3O2S/c1-15(2)14-19(24)22-12-10-21(11-13-22)9-8-18(23)20-16-6-4-5-7-17(16)25-3/h4-7,15H,8-14H2,1-3H3,(H,20,23). The van der Waals surface area contributed by atoms with Gasteiger partial charge in [0.2, 0.25) is 11.8 Å². The lowest BCUT2D eigenvalue weighted by Crippen LogP contribution is -2.49. The van der Waals surface area contributed by atoms with Crippen LogP contribution in [0.2, 0.25) is 0 Å². The van der Waals surface area contributed by atoms with Crippen molar-refractivity contribution in [1.82, 2.24) is 9.80 Å². The lowest BCUT2D eigenvalue weighted by Gasteiger charge is -2.35. The number of rotatable bonds is 7. The molecule has 0 spiro atoms. The molecule has 1 aromatic rings. The summed E-state index contributed by atoms with van der Waals surface area (Å²) < 4.78 is 0. The summed E-state index contributed by atoms with van der Waals surface area (Å²) in [6.07, 6.45) is 3.10. The quantitative estimate of drug-likeness (QED) is 0.757. The normalized spacial score (nSPS) is 15.4. The second kappa shape index (κ2) is 9.82. The third-order valence-corrected chi connectivity index (χ3v) is 5.14. The number of carbonyl (C=O) groups excluding carboxylic acids is 2. The summed E-state index contributed by atoms with van der Waals surface area (Å²) in [7, 11) is 0. The molecule has 138 valence electrons. The van der Waals surface area contributed by atoms with E-state index in [4.69, 9.17) is 0 Å². The van der Waals surface area contributed by atoms with Crippen molar-refractivity contribution in [1.29, 1.82) is 0 Å². The molecule has 0 bridgehead atoms. The minimum Gasteiger partial charge on any atom is -0.340 e. The van der Waals surface area contributed by atoms with Gasteiger partial charge in [0.1, 0.15) is 0 Å². The number of carbonyl (C=O) groups is 2. The molecule has 0 aromatic heterocycles. The maximum absolute atomic E-state index is 12.2. The van der Waals surface area contributed by atoms with Crippen molar-refractivity contribution in [3.63, 3.8) is 0 Å². The fourth-order valence-electron chi connectivity index (χ4n) is 2.92. The zero-order valence-corrected chi connectivity index (χ0v) is 16.3. The third kappa shape index (κ3) is 6.36. The van der Waals surface area contributed by atoms with E-state index in [2.05, 4.69) is 24.1 Å². The number of piperazine rings is 1. The van der Waals surface area contributed by atoms with Crippen LogP contribution in [0.5, 0.6) is 0 Å². The zero-order valence-electron chi connectivity index (χ0n) is 15.5. The number of para-hydroxylation sites is 1. The van der Waals surface area contributed by atoms with E-state index in [-0.39, 0.29) is 11.8 Å². The molecule has 5 nitrogen and oxygen atoms in total. The van der Waals surface area contributed by atoms with Gasteiger partial charge in [-0.25, -0.2) is 0 Å². The lowest BCUT2D eigenvalue weighted by molar-refractivity contribution is -0.134. The van der Waals surface area contributed by atoms with Crippen LogP contribution in [0.1, 0.15) is 26.7 Å². The van der Waals surface area contributed by atoms with Crippen LogP contribution in [0, 0.1) is 5.92 Å². The van der Waals surface area contributed by atoms with E-state index in [0.717, 1.165) is 43.3 Å². The van der Waals surface area contributed by atoms with Crippen molar-refractivity contribution >= 4 is 29.3 Å². The Bertz CT molecular complexity index is 584. The largest absolute Gasteiger partial charge is 0.340 e. The summed E-state index contributed by atoms with van der Waals surface area (Å²) in [5.74, 6) is 0.694. The molecule has 0 radical (unpaired) electrons. The zero-order chi connectivity index (χ0) is 18.2. The van der Waals surface area contributed by atoms with Crippen LogP contribution in [-0.2, 0) is 9.59 Å². The SMILES string of the molecule is CSc1ccccc1NC(=O)CCN1CCN(C(=O)CC(C)C)CC1. The number of hydrogen-bond donors (Lipinski definition) is 1. The molecule has 0 saturated carbocycles. The number of anilines is 1. The van der Waals surface area contributed by atoms with Gasteiger partial charge in [-0.1, -0.05) is 26.0 Å². The summed E-state index contributed by atoms with van der Waals surface area (Å²) in [6, 6.07) is 7.85. The Kier molecular flexibility index (Phi) is 7.78. The minimum atomic E-state index is 0.0415. The van der Waals surface area contributed by atoms with Crippen molar-refractivity contribution in [2.45, 2.75) is 31.6 Å². The Labute approximate surface area is 155 Å². The van der Waals surface area contributed by atoms with E-state index in [1.807, 2.05) is 35.4 Å². The van der Waals surface area contributed by atoms with Crippen LogP contribution in [0.15, 0.2) is 29.2 Å². The molecule has 1 saturated heterocycles. The van der Waals surface area contributed by atoms with Gasteiger partial charge in [0.15, 0.2) is 0 Å². The van der Waals surface area contributed by atoms with E-state index < -0.39 is 0 Å². The molecule has 2 amide bonds. The minimum absolute atomic E-state index is 0.0415. The van der Waals surface area contributed by atoms with Gasteiger partial charge in [0, 0.05) is 50.5 Å². The number of hydrogen-bond acceptors (Lipinski definition) is 4. The van der Waals surface area contributed by atoms with Gasteiger partial charge in [-0.2, -0.15) is 0 Å². The van der Waals surface area contributed by atoms with Gasteiger partial charge in [0.25, 0.3) is 0 Å². The van der Waals surface area contributed by atoms with Gasteiger partial charge in [-0.3, -0.25) is 14.5 Å². The van der Waals surface area contributed by atoms with E-state index in [1.54, 1.807) is 11.8 Å². The molecule has 1 aliphatic rings. The molecule has 0 aliphatic carbocycles. The first-order chi connectivity index (χ1) is 12.0. The highest BCUT2D eigenvalue weighted by Crippen LogP contribution is 2.24. The molecule has 0 atom stereocenters. The predicted octanol–water partition coefficient (Wildman–Crippen LogP) is 2.93. The van der Waals surface area contributed by atoms with Gasteiger partial charge in [-0.15, -0.1) is 11.8 Å². The van der Waals surface area contributed by atoms with Crippen LogP contribution >= 0.6 is 11.8 Å². The van der Waals surface area contributed by atoms with E-state index >= 15 is 0 Å². The molecule has 1 heterocycles. The highest BCUT2D eigenvalue weighted by Gasteiger charge is 2.21. The van der Waals surface area contributed by atoms with E-state index in [0.29, 0.717) is 18.8 Å². The Morgan fingerprint density at radius 3 is 2.48 bits per heavy atom. The monoisotopic (exact) mass is 363 g/mol. The second-order valence-corrected chi connectivity index (χ2v) is 7.67. The first-order valence-electron chi connectivity index (χ1n) is 8.92. The number of thioether (sulfide) groups is 1. The van der Waals surface area contributed by atoms with Crippen LogP contribution in [0.4, 0.5) is 5.69 Å². The average Bonchev–Trinajstić information content (AvgIpc) is 2.60. The summed E-state index contributed by atoms with van der Waals surface area (Å²) in [5.41, 5.74) is 0.879. The highest BCUT2D eigenvalue weighted by molar-refractivity contribution is 7.98. The number of amides is 2. The highest BCUT2D eigenvalue weighted by atomic mass is 32.2. The smallest absolute Gasteiger partial charge is 0.225 e. The summed E-state index contributed by atoms with van der Waals surface area (Å²) in [6.45, 7) is 8.10. The number of nitrogens with zero attached hydrogens (tertiary/aromatic N) is 2. The molecule has 2 rings (SSSR count). The van der Waals surface area contributed by atoms with Crippen LogP contribution in [-0.4, -0.2) is 60.6 Å². The molecule has 0 unspecified atom stereocenters.